The monoisotopic (exact) mass is 438 g/mol. The number of ether oxygens (including phenoxy) is 1. The molecule has 0 aliphatic heterocycles. The Balaban J connectivity index is 1.43. The molecule has 0 N–H and O–H groups in total. The smallest absolute Gasteiger partial charge is 0.200 e. The first-order valence-electron chi connectivity index (χ1n) is 9.11. The summed E-state index contributed by atoms with van der Waals surface area (Å²) in [6, 6.07) is 13.0. The summed E-state index contributed by atoms with van der Waals surface area (Å²) in [7, 11) is 0. The third-order valence-electron chi connectivity index (χ3n) is 4.54. The number of rotatable bonds is 7. The van der Waals surface area contributed by atoms with Crippen molar-refractivity contribution in [3.8, 4) is 16.9 Å². The second kappa shape index (κ2) is 8.44. The van der Waals surface area contributed by atoms with E-state index in [0.29, 0.717) is 28.9 Å². The van der Waals surface area contributed by atoms with Gasteiger partial charge >= 0.3 is 0 Å². The van der Waals surface area contributed by atoms with E-state index in [0.717, 1.165) is 29.4 Å². The van der Waals surface area contributed by atoms with Crippen molar-refractivity contribution in [1.82, 2.24) is 9.55 Å². The minimum Gasteiger partial charge on any atom is -0.493 e. The highest BCUT2D eigenvalue weighted by Gasteiger charge is 2.10. The molecule has 0 radical (unpaired) electrons. The Hall–Kier alpha value is -2.86. The van der Waals surface area contributed by atoms with Gasteiger partial charge < -0.3 is 13.7 Å². The quantitative estimate of drug-likeness (QED) is 0.368. The first-order valence-corrected chi connectivity index (χ1v) is 9.90. The zero-order valence-electron chi connectivity index (χ0n) is 15.2. The van der Waals surface area contributed by atoms with Crippen LogP contribution in [0.1, 0.15) is 12.8 Å². The van der Waals surface area contributed by atoms with Gasteiger partial charge in [0.15, 0.2) is 5.43 Å². The van der Waals surface area contributed by atoms with Gasteiger partial charge in [-0.15, -0.1) is 0 Å². The number of imidazole rings is 1. The molecule has 0 spiro atoms. The number of fused-ring (bicyclic) bond motifs is 1. The molecule has 2 aromatic carbocycles. The average Bonchev–Trinajstić information content (AvgIpc) is 3.22. The highest BCUT2D eigenvalue weighted by molar-refractivity contribution is 9.10. The topological polar surface area (TPSA) is 57.3 Å². The van der Waals surface area contributed by atoms with Crippen LogP contribution in [0.2, 0.25) is 0 Å². The fourth-order valence-electron chi connectivity index (χ4n) is 3.03. The number of unbranched alkanes of at least 4 members (excludes halogenated alkanes) is 1. The summed E-state index contributed by atoms with van der Waals surface area (Å²) in [5.41, 5.74) is 1.86. The maximum Gasteiger partial charge on any atom is 0.200 e. The predicted octanol–water partition coefficient (Wildman–Crippen LogP) is 5.28. The second-order valence-electron chi connectivity index (χ2n) is 6.50. The molecule has 4 rings (SSSR count). The standard InChI is InChI=1S/C22H19BrN2O3/c23-17-5-3-16(4-6-17)20-14-28-21-13-18(7-8-19(21)22(20)26)27-12-2-1-10-25-11-9-24-15-25/h3-9,11,13-15H,1-2,10,12H2. The van der Waals surface area contributed by atoms with Gasteiger partial charge in [-0.3, -0.25) is 4.79 Å². The van der Waals surface area contributed by atoms with Crippen molar-refractivity contribution in [2.24, 2.45) is 0 Å². The minimum absolute atomic E-state index is 0.0459. The highest BCUT2D eigenvalue weighted by Crippen LogP contribution is 2.24. The predicted molar refractivity (Wildman–Crippen MR) is 113 cm³/mol. The maximum atomic E-state index is 12.8. The van der Waals surface area contributed by atoms with Crippen molar-refractivity contribution in [3.05, 3.63) is 82.1 Å². The zero-order chi connectivity index (χ0) is 19.3. The summed E-state index contributed by atoms with van der Waals surface area (Å²) < 4.78 is 14.5. The van der Waals surface area contributed by atoms with Crippen LogP contribution in [-0.2, 0) is 6.54 Å². The molecule has 0 saturated heterocycles. The van der Waals surface area contributed by atoms with Crippen LogP contribution in [0.25, 0.3) is 22.1 Å². The Bertz CT molecular complexity index is 1120. The van der Waals surface area contributed by atoms with Crippen LogP contribution in [0.15, 0.2) is 81.1 Å². The number of hydrogen-bond donors (Lipinski definition) is 0. The van der Waals surface area contributed by atoms with E-state index in [-0.39, 0.29) is 5.43 Å². The van der Waals surface area contributed by atoms with Gasteiger partial charge in [0.05, 0.1) is 23.9 Å². The molecule has 0 unspecified atom stereocenters. The van der Waals surface area contributed by atoms with Crippen molar-refractivity contribution in [2.75, 3.05) is 6.61 Å². The Morgan fingerprint density at radius 1 is 1.11 bits per heavy atom. The van der Waals surface area contributed by atoms with Crippen LogP contribution in [0.3, 0.4) is 0 Å². The third kappa shape index (κ3) is 4.17. The van der Waals surface area contributed by atoms with E-state index < -0.39 is 0 Å². The Morgan fingerprint density at radius 3 is 2.75 bits per heavy atom. The molecular formula is C22H19BrN2O3. The molecule has 0 fully saturated rings. The summed E-state index contributed by atoms with van der Waals surface area (Å²) in [6.45, 7) is 1.54. The Morgan fingerprint density at radius 2 is 1.96 bits per heavy atom. The lowest BCUT2D eigenvalue weighted by Crippen LogP contribution is -2.05. The number of nitrogens with zero attached hydrogens (tertiary/aromatic N) is 2. The normalized spacial score (nSPS) is 11.0. The fraction of sp³-hybridized carbons (Fsp3) is 0.182. The minimum atomic E-state index is -0.0459. The largest absolute Gasteiger partial charge is 0.493 e. The second-order valence-corrected chi connectivity index (χ2v) is 7.42. The lowest BCUT2D eigenvalue weighted by Gasteiger charge is -2.08. The van der Waals surface area contributed by atoms with Crippen molar-refractivity contribution < 1.29 is 9.15 Å². The summed E-state index contributed by atoms with van der Waals surface area (Å²) in [5.74, 6) is 0.703. The molecule has 2 aromatic heterocycles. The molecular weight excluding hydrogens is 420 g/mol. The van der Waals surface area contributed by atoms with Gasteiger partial charge in [-0.25, -0.2) is 4.98 Å². The average molecular weight is 439 g/mol. The van der Waals surface area contributed by atoms with Crippen LogP contribution in [0.4, 0.5) is 0 Å². The molecule has 0 bridgehead atoms. The summed E-state index contributed by atoms with van der Waals surface area (Å²) in [5, 5.41) is 0.549. The van der Waals surface area contributed by atoms with Crippen LogP contribution in [0.5, 0.6) is 5.75 Å². The van der Waals surface area contributed by atoms with Crippen molar-refractivity contribution in [1.29, 1.82) is 0 Å². The van der Waals surface area contributed by atoms with E-state index in [9.17, 15) is 4.79 Å². The first-order chi connectivity index (χ1) is 13.7. The third-order valence-corrected chi connectivity index (χ3v) is 5.07. The molecule has 2 heterocycles. The summed E-state index contributed by atoms with van der Waals surface area (Å²) >= 11 is 3.41. The van der Waals surface area contributed by atoms with Gasteiger partial charge in [-0.2, -0.15) is 0 Å². The van der Waals surface area contributed by atoms with E-state index in [1.54, 1.807) is 18.3 Å². The SMILES string of the molecule is O=c1c(-c2ccc(Br)cc2)coc2cc(OCCCCn3ccnc3)ccc12. The van der Waals surface area contributed by atoms with Gasteiger partial charge in [-0.05, 0) is 42.7 Å². The number of aromatic nitrogens is 2. The lowest BCUT2D eigenvalue weighted by molar-refractivity contribution is 0.303. The van der Waals surface area contributed by atoms with E-state index in [1.165, 1.54) is 6.26 Å². The van der Waals surface area contributed by atoms with E-state index in [1.807, 2.05) is 47.4 Å². The van der Waals surface area contributed by atoms with Crippen molar-refractivity contribution >= 4 is 26.9 Å². The van der Waals surface area contributed by atoms with E-state index >= 15 is 0 Å². The number of benzene rings is 2. The molecule has 0 aliphatic carbocycles. The number of aryl methyl sites for hydroxylation is 1. The molecule has 0 aliphatic rings. The molecule has 5 nitrogen and oxygen atoms in total. The molecule has 6 heteroatoms. The van der Waals surface area contributed by atoms with Gasteiger partial charge in [0.2, 0.25) is 0 Å². The molecule has 142 valence electrons. The maximum absolute atomic E-state index is 12.8. The van der Waals surface area contributed by atoms with Gasteiger partial charge in [0.25, 0.3) is 0 Å². The van der Waals surface area contributed by atoms with Crippen molar-refractivity contribution in [2.45, 2.75) is 19.4 Å². The van der Waals surface area contributed by atoms with Crippen molar-refractivity contribution in [3.63, 3.8) is 0 Å². The summed E-state index contributed by atoms with van der Waals surface area (Å²) in [4.78, 5) is 16.8. The highest BCUT2D eigenvalue weighted by atomic mass is 79.9. The van der Waals surface area contributed by atoms with Crippen LogP contribution < -0.4 is 10.2 Å². The number of halogens is 1. The van der Waals surface area contributed by atoms with E-state index in [2.05, 4.69) is 20.9 Å². The molecule has 0 atom stereocenters. The zero-order valence-corrected chi connectivity index (χ0v) is 16.8. The lowest BCUT2D eigenvalue weighted by atomic mass is 10.1. The van der Waals surface area contributed by atoms with Gasteiger partial charge in [0.1, 0.15) is 17.6 Å². The fourth-order valence-corrected chi connectivity index (χ4v) is 3.30. The van der Waals surface area contributed by atoms with Crippen LogP contribution >= 0.6 is 15.9 Å². The Labute approximate surface area is 170 Å². The molecule has 0 amide bonds. The molecule has 28 heavy (non-hydrogen) atoms. The first kappa shape index (κ1) is 18.5. The molecule has 0 saturated carbocycles. The number of hydrogen-bond acceptors (Lipinski definition) is 4. The summed E-state index contributed by atoms with van der Waals surface area (Å²) in [6.07, 6.45) is 9.01. The van der Waals surface area contributed by atoms with Crippen LogP contribution in [-0.4, -0.2) is 16.2 Å². The van der Waals surface area contributed by atoms with E-state index in [4.69, 9.17) is 9.15 Å². The Kier molecular flexibility index (Phi) is 5.58. The van der Waals surface area contributed by atoms with Gasteiger partial charge in [-0.1, -0.05) is 28.1 Å². The van der Waals surface area contributed by atoms with Gasteiger partial charge in [0, 0.05) is 29.5 Å². The molecule has 4 aromatic rings. The van der Waals surface area contributed by atoms with Crippen LogP contribution in [0, 0.1) is 0 Å².